The molecule has 8 heteroatoms. The van der Waals surface area contributed by atoms with E-state index in [1.165, 1.54) is 24.3 Å². The Labute approximate surface area is 146 Å². The number of amides is 1. The topological polar surface area (TPSA) is 84.8 Å². The van der Waals surface area contributed by atoms with Gasteiger partial charge >= 0.3 is 5.97 Å². The summed E-state index contributed by atoms with van der Waals surface area (Å²) in [5, 5.41) is 6.28. The Hall–Kier alpha value is -2.70. The van der Waals surface area contributed by atoms with E-state index in [0.29, 0.717) is 0 Å². The van der Waals surface area contributed by atoms with E-state index in [9.17, 15) is 14.4 Å². The minimum absolute atomic E-state index is 0.0976. The number of hydrogen-bond acceptors (Lipinski definition) is 5. The molecular formula is C16H8Cl2N2O4. The number of rotatable bonds is 2. The molecule has 1 aliphatic rings. The summed E-state index contributed by atoms with van der Waals surface area (Å²) < 4.78 is 0. The number of carbonyl (C=O) groups is 3. The maximum atomic E-state index is 12.0. The summed E-state index contributed by atoms with van der Waals surface area (Å²) in [5.41, 5.74) is 0.245. The van der Waals surface area contributed by atoms with Crippen LogP contribution in [0.25, 0.3) is 0 Å². The number of anilines is 1. The van der Waals surface area contributed by atoms with Crippen LogP contribution in [-0.2, 0) is 14.4 Å². The van der Waals surface area contributed by atoms with Gasteiger partial charge in [0.2, 0.25) is 0 Å². The average molecular weight is 363 g/mol. The van der Waals surface area contributed by atoms with E-state index in [4.69, 9.17) is 28.0 Å². The van der Waals surface area contributed by atoms with Crippen molar-refractivity contribution in [2.45, 2.75) is 0 Å². The zero-order valence-electron chi connectivity index (χ0n) is 11.9. The van der Waals surface area contributed by atoms with E-state index in [1.807, 2.05) is 0 Å². The van der Waals surface area contributed by atoms with Crippen LogP contribution in [0.1, 0.15) is 15.9 Å². The number of oxime groups is 1. The van der Waals surface area contributed by atoms with Gasteiger partial charge in [-0.1, -0.05) is 46.6 Å². The van der Waals surface area contributed by atoms with E-state index in [0.717, 1.165) is 0 Å². The van der Waals surface area contributed by atoms with Crippen LogP contribution in [0.15, 0.2) is 47.6 Å². The molecule has 0 fully saturated rings. The molecule has 1 heterocycles. The summed E-state index contributed by atoms with van der Waals surface area (Å²) in [6.07, 6.45) is 0. The Kier molecular flexibility index (Phi) is 4.33. The third-order valence-electron chi connectivity index (χ3n) is 3.19. The molecule has 2 aromatic rings. The maximum Gasteiger partial charge on any atom is 0.365 e. The van der Waals surface area contributed by atoms with E-state index < -0.39 is 17.7 Å². The van der Waals surface area contributed by atoms with Gasteiger partial charge in [-0.2, -0.15) is 0 Å². The second-order valence-electron chi connectivity index (χ2n) is 4.78. The van der Waals surface area contributed by atoms with E-state index >= 15 is 0 Å². The largest absolute Gasteiger partial charge is 0.365 e. The first-order chi connectivity index (χ1) is 11.5. The highest BCUT2D eigenvalue weighted by Crippen LogP contribution is 2.32. The second kappa shape index (κ2) is 6.43. The molecule has 0 atom stereocenters. The summed E-state index contributed by atoms with van der Waals surface area (Å²) in [5.74, 6) is -2.66. The predicted molar refractivity (Wildman–Crippen MR) is 88.5 cm³/mol. The minimum Gasteiger partial charge on any atom is -0.318 e. The molecule has 0 aromatic heterocycles. The zero-order chi connectivity index (χ0) is 17.3. The van der Waals surface area contributed by atoms with Crippen molar-refractivity contribution in [1.29, 1.82) is 0 Å². The molecule has 0 bridgehead atoms. The second-order valence-corrected chi connectivity index (χ2v) is 5.62. The first kappa shape index (κ1) is 16.2. The number of hydrogen-bond donors (Lipinski definition) is 1. The van der Waals surface area contributed by atoms with Crippen molar-refractivity contribution in [3.63, 3.8) is 0 Å². The number of benzene rings is 2. The number of halogens is 2. The van der Waals surface area contributed by atoms with Crippen molar-refractivity contribution in [3.05, 3.63) is 63.6 Å². The van der Waals surface area contributed by atoms with Crippen molar-refractivity contribution < 1.29 is 19.2 Å². The van der Waals surface area contributed by atoms with E-state index in [1.54, 1.807) is 18.2 Å². The lowest BCUT2D eigenvalue weighted by atomic mass is 10.00. The van der Waals surface area contributed by atoms with Crippen molar-refractivity contribution in [2.24, 2.45) is 5.16 Å². The molecule has 0 unspecified atom stereocenters. The van der Waals surface area contributed by atoms with Crippen molar-refractivity contribution in [1.82, 2.24) is 0 Å². The zero-order valence-corrected chi connectivity index (χ0v) is 13.4. The van der Waals surface area contributed by atoms with E-state index in [-0.39, 0.29) is 32.6 Å². The van der Waals surface area contributed by atoms with E-state index in [2.05, 4.69) is 10.5 Å². The van der Waals surface area contributed by atoms with Gasteiger partial charge in [0, 0.05) is 5.02 Å². The number of carbonyl (C=O) groups excluding carboxylic acids is 3. The van der Waals surface area contributed by atoms with Gasteiger partial charge in [-0.15, -0.1) is 0 Å². The Morgan fingerprint density at radius 3 is 2.50 bits per heavy atom. The Balaban J connectivity index is 1.99. The molecular weight excluding hydrogens is 355 g/mol. The maximum absolute atomic E-state index is 12.0. The smallest absolute Gasteiger partial charge is 0.318 e. The molecule has 1 N–H and O–H groups in total. The van der Waals surface area contributed by atoms with Crippen LogP contribution in [-0.4, -0.2) is 23.4 Å². The van der Waals surface area contributed by atoms with Gasteiger partial charge in [0.15, 0.2) is 5.71 Å². The minimum atomic E-state index is -0.965. The molecule has 0 saturated carbocycles. The fourth-order valence-corrected chi connectivity index (χ4v) is 2.70. The Morgan fingerprint density at radius 1 is 1.08 bits per heavy atom. The monoisotopic (exact) mass is 362 g/mol. The first-order valence-electron chi connectivity index (χ1n) is 6.67. The number of ketones is 1. The average Bonchev–Trinajstić information content (AvgIpc) is 2.56. The van der Waals surface area contributed by atoms with Crippen molar-refractivity contribution in [3.8, 4) is 0 Å². The van der Waals surface area contributed by atoms with Crippen LogP contribution < -0.4 is 5.32 Å². The molecule has 1 aliphatic heterocycles. The van der Waals surface area contributed by atoms with Gasteiger partial charge in [0.25, 0.3) is 11.7 Å². The number of fused-ring (bicyclic) bond motifs is 1. The van der Waals surface area contributed by atoms with Gasteiger partial charge in [-0.05, 0) is 24.3 Å². The van der Waals surface area contributed by atoms with Crippen LogP contribution in [0.2, 0.25) is 10.0 Å². The molecule has 6 nitrogen and oxygen atoms in total. The van der Waals surface area contributed by atoms with Gasteiger partial charge < -0.3 is 10.2 Å². The van der Waals surface area contributed by atoms with Crippen LogP contribution in [0.5, 0.6) is 0 Å². The SMILES string of the molecule is O=C1Nc2cc(Cl)cc(Cl)c2C(=NOC(=O)c2ccccc2)C1=O. The molecule has 1 amide bonds. The number of nitrogens with one attached hydrogen (secondary N) is 1. The summed E-state index contributed by atoms with van der Waals surface area (Å²) in [7, 11) is 0. The quantitative estimate of drug-likeness (QED) is 0.505. The molecule has 120 valence electrons. The first-order valence-corrected chi connectivity index (χ1v) is 7.42. The van der Waals surface area contributed by atoms with Gasteiger partial charge in [0.1, 0.15) is 0 Å². The number of Topliss-reactive ketones (excluding diaryl/α,β-unsaturated/α-hetero) is 1. The summed E-state index contributed by atoms with van der Waals surface area (Å²) in [4.78, 5) is 40.5. The molecule has 3 rings (SSSR count). The lowest BCUT2D eigenvalue weighted by Crippen LogP contribution is -2.36. The Bertz CT molecular complexity index is 894. The van der Waals surface area contributed by atoms with Crippen LogP contribution in [0, 0.1) is 0 Å². The van der Waals surface area contributed by atoms with Crippen molar-refractivity contribution >= 4 is 52.3 Å². The highest BCUT2D eigenvalue weighted by Gasteiger charge is 2.33. The van der Waals surface area contributed by atoms with Gasteiger partial charge in [-0.3, -0.25) is 9.59 Å². The third kappa shape index (κ3) is 3.02. The third-order valence-corrected chi connectivity index (χ3v) is 3.71. The van der Waals surface area contributed by atoms with Gasteiger partial charge in [0.05, 0.1) is 21.8 Å². The molecule has 24 heavy (non-hydrogen) atoms. The molecule has 2 aromatic carbocycles. The molecule has 0 radical (unpaired) electrons. The lowest BCUT2D eigenvalue weighted by Gasteiger charge is -2.18. The molecule has 0 saturated heterocycles. The predicted octanol–water partition coefficient (Wildman–Crippen LogP) is 3.08. The molecule has 0 spiro atoms. The normalized spacial score (nSPS) is 15.0. The van der Waals surface area contributed by atoms with Crippen LogP contribution in [0.4, 0.5) is 5.69 Å². The fourth-order valence-electron chi connectivity index (χ4n) is 2.11. The summed E-state index contributed by atoms with van der Waals surface area (Å²) in [6.45, 7) is 0. The molecule has 0 aliphatic carbocycles. The lowest BCUT2D eigenvalue weighted by molar-refractivity contribution is -0.131. The number of nitrogens with zero attached hydrogens (tertiary/aromatic N) is 1. The highest BCUT2D eigenvalue weighted by molar-refractivity contribution is 6.73. The Morgan fingerprint density at radius 2 is 1.79 bits per heavy atom. The summed E-state index contributed by atoms with van der Waals surface area (Å²) in [6, 6.07) is 10.9. The van der Waals surface area contributed by atoms with Crippen LogP contribution >= 0.6 is 23.2 Å². The van der Waals surface area contributed by atoms with Gasteiger partial charge in [-0.25, -0.2) is 4.79 Å². The summed E-state index contributed by atoms with van der Waals surface area (Å²) >= 11 is 12.0. The highest BCUT2D eigenvalue weighted by atomic mass is 35.5. The fraction of sp³-hybridized carbons (Fsp3) is 0. The standard InChI is InChI=1S/C16H8Cl2N2O4/c17-9-6-10(18)12-11(7-9)19-15(22)14(21)13(12)20-24-16(23)8-4-2-1-3-5-8/h1-7H,(H,19,22). The van der Waals surface area contributed by atoms with Crippen LogP contribution in [0.3, 0.4) is 0 Å². The van der Waals surface area contributed by atoms with Crippen molar-refractivity contribution in [2.75, 3.05) is 5.32 Å².